The van der Waals surface area contributed by atoms with E-state index in [4.69, 9.17) is 34.8 Å². The average Bonchev–Trinajstić information content (AvgIpc) is 3.38. The summed E-state index contributed by atoms with van der Waals surface area (Å²) in [5, 5.41) is 9.87. The van der Waals surface area contributed by atoms with Gasteiger partial charge in [-0.15, -0.1) is 23.2 Å². The first-order chi connectivity index (χ1) is 22.2. The van der Waals surface area contributed by atoms with E-state index in [0.29, 0.717) is 0 Å². The SMILES string of the molecule is O=C1C2CC=C3C(CC4(Cl)C(=O)N(c5c(F)c(F)c(F)c(F)c5F)C(=O)C4(Cl)C3c3ccc(O)cc3Cl)C2C(=O)N1c1ccccc1. The largest absolute Gasteiger partial charge is 0.508 e. The topological polar surface area (TPSA) is 95.0 Å². The van der Waals surface area contributed by atoms with Gasteiger partial charge in [0.15, 0.2) is 33.0 Å². The quantitative estimate of drug-likeness (QED) is 0.0836. The lowest BCUT2D eigenvalue weighted by Gasteiger charge is -2.50. The number of nitrogens with zero attached hydrogens (tertiary/aromatic N) is 2. The first-order valence-corrected chi connectivity index (χ1v) is 15.2. The summed E-state index contributed by atoms with van der Waals surface area (Å²) in [5.41, 5.74) is -1.36. The molecule has 47 heavy (non-hydrogen) atoms. The number of phenols is 1. The number of anilines is 2. The number of phenolic OH excluding ortho intramolecular Hbond substituents is 1. The number of carbonyl (C=O) groups is 4. The molecular formula is C32H18Cl3F5N2O5. The van der Waals surface area contributed by atoms with Crippen LogP contribution in [0.15, 0.2) is 60.2 Å². The van der Waals surface area contributed by atoms with Crippen LogP contribution < -0.4 is 9.80 Å². The fraction of sp³-hybridized carbons (Fsp3) is 0.250. The maximum Gasteiger partial charge on any atom is 0.258 e. The second-order valence-corrected chi connectivity index (χ2v) is 13.4. The lowest BCUT2D eigenvalue weighted by atomic mass is 9.56. The van der Waals surface area contributed by atoms with E-state index in [1.165, 1.54) is 12.1 Å². The maximum absolute atomic E-state index is 15.1. The Hall–Kier alpha value is -4.00. The first kappa shape index (κ1) is 31.6. The molecule has 3 aromatic rings. The zero-order valence-electron chi connectivity index (χ0n) is 23.4. The number of rotatable bonds is 3. The van der Waals surface area contributed by atoms with Gasteiger partial charge in [0.25, 0.3) is 11.8 Å². The normalized spacial score (nSPS) is 30.0. The molecule has 0 radical (unpaired) electrons. The second kappa shape index (κ2) is 10.5. The number of carbonyl (C=O) groups excluding carboxylic acids is 4. The van der Waals surface area contributed by atoms with Crippen LogP contribution in [-0.4, -0.2) is 38.5 Å². The number of para-hydroxylation sites is 1. The van der Waals surface area contributed by atoms with Gasteiger partial charge in [-0.3, -0.25) is 24.1 Å². The summed E-state index contributed by atoms with van der Waals surface area (Å²) in [6, 6.07) is 11.6. The molecule has 6 atom stereocenters. The third-order valence-corrected chi connectivity index (χ3v) is 11.3. The lowest BCUT2D eigenvalue weighted by molar-refractivity contribution is -0.125. The number of hydrogen-bond donors (Lipinski definition) is 1. The van der Waals surface area contributed by atoms with Crippen LogP contribution in [0.1, 0.15) is 24.3 Å². The highest BCUT2D eigenvalue weighted by molar-refractivity contribution is 6.58. The fourth-order valence-corrected chi connectivity index (χ4v) is 8.70. The molecule has 2 saturated heterocycles. The number of allylic oxidation sites excluding steroid dienone is 2. The van der Waals surface area contributed by atoms with Crippen LogP contribution in [0.2, 0.25) is 5.02 Å². The molecule has 0 aromatic heterocycles. The van der Waals surface area contributed by atoms with Crippen molar-refractivity contribution in [1.82, 2.24) is 0 Å². The number of amides is 4. The van der Waals surface area contributed by atoms with Gasteiger partial charge in [-0.25, -0.2) is 26.9 Å². The van der Waals surface area contributed by atoms with E-state index in [2.05, 4.69) is 0 Å². The number of aromatic hydroxyl groups is 1. The van der Waals surface area contributed by atoms with Crippen LogP contribution in [0.25, 0.3) is 0 Å². The Morgan fingerprint density at radius 2 is 1.38 bits per heavy atom. The fourth-order valence-electron chi connectivity index (χ4n) is 7.49. The summed E-state index contributed by atoms with van der Waals surface area (Å²) in [6.45, 7) is 0. The molecule has 2 aliphatic heterocycles. The van der Waals surface area contributed by atoms with Gasteiger partial charge in [-0.1, -0.05) is 47.5 Å². The van der Waals surface area contributed by atoms with Crippen LogP contribution in [0.5, 0.6) is 5.75 Å². The molecule has 4 amide bonds. The Balaban J connectivity index is 1.45. The van der Waals surface area contributed by atoms with E-state index >= 15 is 8.78 Å². The predicted octanol–water partition coefficient (Wildman–Crippen LogP) is 6.51. The average molecular weight is 712 g/mol. The van der Waals surface area contributed by atoms with Gasteiger partial charge >= 0.3 is 0 Å². The highest BCUT2D eigenvalue weighted by Gasteiger charge is 2.77. The maximum atomic E-state index is 15.1. The molecule has 3 aromatic carbocycles. The van der Waals surface area contributed by atoms with Crippen LogP contribution in [0.4, 0.5) is 33.3 Å². The van der Waals surface area contributed by atoms with Crippen molar-refractivity contribution in [3.05, 3.63) is 99.9 Å². The van der Waals surface area contributed by atoms with Crippen LogP contribution >= 0.6 is 34.8 Å². The van der Waals surface area contributed by atoms with Crippen molar-refractivity contribution in [3.63, 3.8) is 0 Å². The van der Waals surface area contributed by atoms with Gasteiger partial charge in [-0.05, 0) is 48.6 Å². The summed E-state index contributed by atoms with van der Waals surface area (Å²) in [5.74, 6) is -21.8. The zero-order valence-corrected chi connectivity index (χ0v) is 25.7. The molecule has 0 spiro atoms. The molecule has 2 heterocycles. The standard InChI is InChI=1S/C32H18Cl3F5N2O5/c33-18-10-13(43)6-7-15(18)20-14-8-9-16-19(28(45)41(27(16)44)12-4-2-1-3-5-12)17(14)11-31(34)29(46)42(30(47)32(20,31)35)26-24(39)22(37)21(36)23(38)25(26)40/h1-8,10,16-17,19-20,43H,9,11H2. The van der Waals surface area contributed by atoms with Crippen LogP contribution in [-0.2, 0) is 19.2 Å². The molecule has 7 rings (SSSR count). The van der Waals surface area contributed by atoms with Crippen molar-refractivity contribution < 1.29 is 46.2 Å². The Morgan fingerprint density at radius 1 is 0.766 bits per heavy atom. The van der Waals surface area contributed by atoms with Crippen molar-refractivity contribution in [3.8, 4) is 5.75 Å². The van der Waals surface area contributed by atoms with Gasteiger partial charge < -0.3 is 5.11 Å². The molecule has 6 unspecified atom stereocenters. The number of benzene rings is 3. The predicted molar refractivity (Wildman–Crippen MR) is 158 cm³/mol. The van der Waals surface area contributed by atoms with Crippen molar-refractivity contribution in [2.75, 3.05) is 9.80 Å². The molecule has 3 fully saturated rings. The number of alkyl halides is 2. The van der Waals surface area contributed by atoms with E-state index < -0.39 is 98.2 Å². The molecule has 242 valence electrons. The monoisotopic (exact) mass is 710 g/mol. The van der Waals surface area contributed by atoms with Gasteiger partial charge in [0.05, 0.1) is 17.5 Å². The number of fused-ring (bicyclic) bond motifs is 4. The summed E-state index contributed by atoms with van der Waals surface area (Å²) in [7, 11) is 0. The van der Waals surface area contributed by atoms with E-state index in [1.54, 1.807) is 36.4 Å². The summed E-state index contributed by atoms with van der Waals surface area (Å²) < 4.78 is 72.9. The van der Waals surface area contributed by atoms with Crippen molar-refractivity contribution in [1.29, 1.82) is 0 Å². The summed E-state index contributed by atoms with van der Waals surface area (Å²) in [4.78, 5) is 51.4. The third kappa shape index (κ3) is 3.98. The molecule has 4 aliphatic rings. The molecule has 1 saturated carbocycles. The minimum Gasteiger partial charge on any atom is -0.508 e. The van der Waals surface area contributed by atoms with Crippen molar-refractivity contribution in [2.24, 2.45) is 17.8 Å². The minimum atomic E-state index is -2.72. The second-order valence-electron chi connectivity index (χ2n) is 11.7. The van der Waals surface area contributed by atoms with Crippen molar-refractivity contribution >= 4 is 69.8 Å². The van der Waals surface area contributed by atoms with E-state index in [-0.39, 0.29) is 38.9 Å². The smallest absolute Gasteiger partial charge is 0.258 e. The first-order valence-electron chi connectivity index (χ1n) is 14.1. The Kier molecular flexibility index (Phi) is 7.06. The van der Waals surface area contributed by atoms with E-state index in [1.807, 2.05) is 0 Å². The van der Waals surface area contributed by atoms with E-state index in [9.17, 15) is 37.5 Å². The van der Waals surface area contributed by atoms with Crippen LogP contribution in [0.3, 0.4) is 0 Å². The van der Waals surface area contributed by atoms with Crippen molar-refractivity contribution in [2.45, 2.75) is 28.5 Å². The minimum absolute atomic E-state index is 0.00371. The molecule has 15 heteroatoms. The zero-order chi connectivity index (χ0) is 33.9. The Bertz CT molecular complexity index is 1970. The van der Waals surface area contributed by atoms with E-state index in [0.717, 1.165) is 11.0 Å². The number of halogens is 8. The Labute approximate surface area is 277 Å². The molecule has 0 bridgehead atoms. The summed E-state index contributed by atoms with van der Waals surface area (Å²) >= 11 is 20.6. The summed E-state index contributed by atoms with van der Waals surface area (Å²) in [6.07, 6.45) is 0.885. The molecular weight excluding hydrogens is 694 g/mol. The molecule has 1 N–H and O–H groups in total. The van der Waals surface area contributed by atoms with Crippen LogP contribution in [0, 0.1) is 46.8 Å². The highest BCUT2D eigenvalue weighted by atomic mass is 35.5. The third-order valence-electron chi connectivity index (χ3n) is 9.53. The lowest BCUT2D eigenvalue weighted by Crippen LogP contribution is -2.60. The number of imide groups is 2. The highest BCUT2D eigenvalue weighted by Crippen LogP contribution is 2.66. The number of hydrogen-bond acceptors (Lipinski definition) is 5. The molecule has 7 nitrogen and oxygen atoms in total. The Morgan fingerprint density at radius 3 is 2.00 bits per heavy atom. The molecule has 2 aliphatic carbocycles. The van der Waals surface area contributed by atoms with Gasteiger partial charge in [-0.2, -0.15) is 0 Å². The van der Waals surface area contributed by atoms with Gasteiger partial charge in [0.1, 0.15) is 11.4 Å². The van der Waals surface area contributed by atoms with Gasteiger partial charge in [0, 0.05) is 10.9 Å². The van der Waals surface area contributed by atoms with Gasteiger partial charge in [0.2, 0.25) is 17.6 Å².